The molecule has 0 fully saturated rings. The van der Waals surface area contributed by atoms with E-state index in [1.54, 1.807) is 0 Å². The van der Waals surface area contributed by atoms with E-state index in [9.17, 15) is 4.79 Å². The molecule has 0 aliphatic carbocycles. The molecule has 0 saturated heterocycles. The molecule has 40 heavy (non-hydrogen) atoms. The summed E-state index contributed by atoms with van der Waals surface area (Å²) >= 11 is 0. The second-order valence-electron chi connectivity index (χ2n) is 10.7. The average molecular weight is 545 g/mol. The molecule has 0 aliphatic rings. The third-order valence-electron chi connectivity index (χ3n) is 7.46. The summed E-state index contributed by atoms with van der Waals surface area (Å²) in [6.07, 6.45) is 9.52. The first-order chi connectivity index (χ1) is 19.5. The number of benzene rings is 3. The van der Waals surface area contributed by atoms with Gasteiger partial charge in [-0.1, -0.05) is 114 Å². The molecule has 3 aromatic carbocycles. The first-order valence-electron chi connectivity index (χ1n) is 15.3. The zero-order valence-electron chi connectivity index (χ0n) is 25.0. The predicted octanol–water partition coefficient (Wildman–Crippen LogP) is 9.76. The van der Waals surface area contributed by atoms with Crippen molar-refractivity contribution in [2.75, 3.05) is 19.8 Å². The monoisotopic (exact) mass is 544 g/mol. The van der Waals surface area contributed by atoms with Crippen molar-refractivity contribution in [2.45, 2.75) is 85.2 Å². The molecule has 4 nitrogen and oxygen atoms in total. The Morgan fingerprint density at radius 3 is 1.70 bits per heavy atom. The zero-order chi connectivity index (χ0) is 28.6. The van der Waals surface area contributed by atoms with Gasteiger partial charge in [0.1, 0.15) is 11.9 Å². The van der Waals surface area contributed by atoms with Crippen LogP contribution in [-0.4, -0.2) is 31.9 Å². The lowest BCUT2D eigenvalue weighted by Crippen LogP contribution is -2.22. The van der Waals surface area contributed by atoms with Gasteiger partial charge in [-0.3, -0.25) is 0 Å². The summed E-state index contributed by atoms with van der Waals surface area (Å²) in [7, 11) is 0. The topological polar surface area (TPSA) is 44.8 Å². The molecular formula is C36H48O4. The molecule has 0 aromatic heterocycles. The Kier molecular flexibility index (Phi) is 13.8. The number of rotatable bonds is 18. The Balaban J connectivity index is 1.46. The Hall–Kier alpha value is -3.11. The summed E-state index contributed by atoms with van der Waals surface area (Å²) in [6, 6.07) is 24.4. The highest BCUT2D eigenvalue weighted by atomic mass is 16.6. The van der Waals surface area contributed by atoms with Crippen LogP contribution in [0.5, 0.6) is 5.75 Å². The number of unbranched alkanes of at least 4 members (excludes halogenated alkanes) is 5. The number of carbonyl (C=O) groups excluding carboxylic acids is 1. The quantitative estimate of drug-likeness (QED) is 0.118. The normalized spacial score (nSPS) is 11.9. The van der Waals surface area contributed by atoms with E-state index in [4.69, 9.17) is 14.2 Å². The van der Waals surface area contributed by atoms with Crippen molar-refractivity contribution in [3.05, 3.63) is 78.4 Å². The molecule has 3 rings (SSSR count). The summed E-state index contributed by atoms with van der Waals surface area (Å²) in [4.78, 5) is 12.6. The number of carbonyl (C=O) groups is 1. The van der Waals surface area contributed by atoms with Gasteiger partial charge in [0.05, 0.1) is 18.8 Å². The largest absolute Gasteiger partial charge is 0.494 e. The van der Waals surface area contributed by atoms with Gasteiger partial charge in [-0.05, 0) is 65.8 Å². The van der Waals surface area contributed by atoms with Crippen LogP contribution in [0.4, 0.5) is 0 Å². The maximum atomic E-state index is 12.6. The van der Waals surface area contributed by atoms with Crippen LogP contribution in [0.2, 0.25) is 0 Å². The molecule has 0 unspecified atom stereocenters. The van der Waals surface area contributed by atoms with E-state index in [0.717, 1.165) is 53.9 Å². The smallest absolute Gasteiger partial charge is 0.338 e. The summed E-state index contributed by atoms with van der Waals surface area (Å²) in [5, 5.41) is 0. The number of esters is 1. The molecule has 0 radical (unpaired) electrons. The van der Waals surface area contributed by atoms with Crippen LogP contribution in [0.15, 0.2) is 72.8 Å². The minimum Gasteiger partial charge on any atom is -0.494 e. The summed E-state index contributed by atoms with van der Waals surface area (Å²) < 4.78 is 17.2. The Labute approximate surface area is 242 Å². The standard InChI is InChI=1S/C36H48O4/c1-5-8-9-10-11-12-25-39-35-23-21-33(22-24-35)31-15-13-30(14-16-31)32-17-19-34(20-18-32)36(37)40-28(4)26-38-27-29(6-2)7-3/h13-24,28-29H,5-12,25-27H2,1-4H3/t28-/m0/s1. The van der Waals surface area contributed by atoms with Crippen LogP contribution < -0.4 is 4.74 Å². The van der Waals surface area contributed by atoms with Crippen molar-refractivity contribution in [3.63, 3.8) is 0 Å². The van der Waals surface area contributed by atoms with Crippen LogP contribution >= 0.6 is 0 Å². The molecule has 216 valence electrons. The van der Waals surface area contributed by atoms with Crippen LogP contribution in [-0.2, 0) is 9.47 Å². The van der Waals surface area contributed by atoms with E-state index < -0.39 is 0 Å². The fraction of sp³-hybridized carbons (Fsp3) is 0.472. The number of ether oxygens (including phenoxy) is 3. The lowest BCUT2D eigenvalue weighted by atomic mass is 9.99. The van der Waals surface area contributed by atoms with Crippen LogP contribution in [0.1, 0.15) is 89.4 Å². The molecule has 0 aliphatic heterocycles. The third-order valence-corrected chi connectivity index (χ3v) is 7.46. The highest BCUT2D eigenvalue weighted by molar-refractivity contribution is 5.90. The number of hydrogen-bond acceptors (Lipinski definition) is 4. The van der Waals surface area contributed by atoms with Gasteiger partial charge in [0.2, 0.25) is 0 Å². The molecule has 0 bridgehead atoms. The third kappa shape index (κ3) is 10.5. The molecular weight excluding hydrogens is 496 g/mol. The van der Waals surface area contributed by atoms with Gasteiger partial charge < -0.3 is 14.2 Å². The lowest BCUT2D eigenvalue weighted by molar-refractivity contribution is -0.00516. The van der Waals surface area contributed by atoms with E-state index in [-0.39, 0.29) is 12.1 Å². The first kappa shape index (κ1) is 31.4. The van der Waals surface area contributed by atoms with Crippen molar-refractivity contribution in [2.24, 2.45) is 5.92 Å². The van der Waals surface area contributed by atoms with Crippen LogP contribution in [0.25, 0.3) is 22.3 Å². The van der Waals surface area contributed by atoms with Gasteiger partial charge in [-0.2, -0.15) is 0 Å². The zero-order valence-corrected chi connectivity index (χ0v) is 25.0. The predicted molar refractivity (Wildman–Crippen MR) is 166 cm³/mol. The van der Waals surface area contributed by atoms with Gasteiger partial charge in [0.25, 0.3) is 0 Å². The van der Waals surface area contributed by atoms with Gasteiger partial charge >= 0.3 is 5.97 Å². The van der Waals surface area contributed by atoms with Gasteiger partial charge in [0, 0.05) is 6.61 Å². The van der Waals surface area contributed by atoms with E-state index in [1.807, 2.05) is 31.2 Å². The Morgan fingerprint density at radius 1 is 0.650 bits per heavy atom. The Morgan fingerprint density at radius 2 is 1.15 bits per heavy atom. The number of hydrogen-bond donors (Lipinski definition) is 0. The van der Waals surface area contributed by atoms with E-state index in [2.05, 4.69) is 69.3 Å². The van der Waals surface area contributed by atoms with Crippen molar-refractivity contribution < 1.29 is 19.0 Å². The van der Waals surface area contributed by atoms with Crippen LogP contribution in [0, 0.1) is 5.92 Å². The first-order valence-corrected chi connectivity index (χ1v) is 15.3. The lowest BCUT2D eigenvalue weighted by Gasteiger charge is -2.17. The molecule has 0 saturated carbocycles. The highest BCUT2D eigenvalue weighted by Crippen LogP contribution is 2.27. The molecule has 3 aromatic rings. The molecule has 0 heterocycles. The van der Waals surface area contributed by atoms with Gasteiger partial charge in [-0.25, -0.2) is 4.79 Å². The fourth-order valence-electron chi connectivity index (χ4n) is 4.68. The molecule has 0 amide bonds. The molecule has 4 heteroatoms. The van der Waals surface area contributed by atoms with Gasteiger partial charge in [-0.15, -0.1) is 0 Å². The molecule has 0 N–H and O–H groups in total. The van der Waals surface area contributed by atoms with Crippen molar-refractivity contribution >= 4 is 5.97 Å². The maximum absolute atomic E-state index is 12.6. The van der Waals surface area contributed by atoms with E-state index in [1.165, 1.54) is 32.1 Å². The second-order valence-corrected chi connectivity index (χ2v) is 10.7. The van der Waals surface area contributed by atoms with Gasteiger partial charge in [0.15, 0.2) is 0 Å². The average Bonchev–Trinajstić information content (AvgIpc) is 2.99. The summed E-state index contributed by atoms with van der Waals surface area (Å²) in [6.45, 7) is 10.4. The molecule has 0 spiro atoms. The van der Waals surface area contributed by atoms with Crippen LogP contribution in [0.3, 0.4) is 0 Å². The second kappa shape index (κ2) is 17.6. The minimum atomic E-state index is -0.320. The van der Waals surface area contributed by atoms with Crippen molar-refractivity contribution in [1.82, 2.24) is 0 Å². The van der Waals surface area contributed by atoms with Crippen molar-refractivity contribution in [3.8, 4) is 28.0 Å². The summed E-state index contributed by atoms with van der Waals surface area (Å²) in [5.74, 6) is 1.17. The molecule has 1 atom stereocenters. The van der Waals surface area contributed by atoms with E-state index >= 15 is 0 Å². The van der Waals surface area contributed by atoms with Crippen molar-refractivity contribution in [1.29, 1.82) is 0 Å². The fourth-order valence-corrected chi connectivity index (χ4v) is 4.68. The SMILES string of the molecule is CCCCCCCCOc1ccc(-c2ccc(-c3ccc(C(=O)O[C@@H](C)COCC(CC)CC)cc3)cc2)cc1. The maximum Gasteiger partial charge on any atom is 0.338 e. The summed E-state index contributed by atoms with van der Waals surface area (Å²) in [5.41, 5.74) is 5.03. The Bertz CT molecular complexity index is 1100. The minimum absolute atomic E-state index is 0.282. The highest BCUT2D eigenvalue weighted by Gasteiger charge is 2.13. The van der Waals surface area contributed by atoms with E-state index in [0.29, 0.717) is 24.7 Å².